The quantitative estimate of drug-likeness (QED) is 0.594. The third-order valence-electron chi connectivity index (χ3n) is 2.63. The number of hydrogen-bond donors (Lipinski definition) is 0. The summed E-state index contributed by atoms with van der Waals surface area (Å²) in [6.07, 6.45) is 1.85. The summed E-state index contributed by atoms with van der Waals surface area (Å²) in [6.45, 7) is 7.25. The molecular weight excluding hydrogens is 138 g/mol. The molecule has 1 heterocycles. The van der Waals surface area contributed by atoms with Crippen LogP contribution in [0.5, 0.6) is 0 Å². The molecule has 11 heavy (non-hydrogen) atoms. The van der Waals surface area contributed by atoms with E-state index in [1.165, 1.54) is 0 Å². The van der Waals surface area contributed by atoms with Gasteiger partial charge in [-0.2, -0.15) is 0 Å². The molecule has 2 unspecified atom stereocenters. The van der Waals surface area contributed by atoms with E-state index in [1.807, 2.05) is 4.90 Å². The van der Waals surface area contributed by atoms with Crippen molar-refractivity contribution in [1.82, 2.24) is 4.90 Å². The minimum absolute atomic E-state index is 0.340. The standard InChI is InChI=1S/C9H17NO/c1-4-8-7(3)6-9(11)10(8)5-2/h7-8H,4-6H2,1-3H3. The molecule has 1 amide bonds. The largest absolute Gasteiger partial charge is 0.340 e. The van der Waals surface area contributed by atoms with Gasteiger partial charge in [0.1, 0.15) is 0 Å². The molecule has 1 saturated heterocycles. The van der Waals surface area contributed by atoms with E-state index in [2.05, 4.69) is 20.8 Å². The maximum Gasteiger partial charge on any atom is 0.223 e. The Labute approximate surface area is 68.6 Å². The zero-order valence-corrected chi connectivity index (χ0v) is 7.63. The molecule has 64 valence electrons. The van der Waals surface area contributed by atoms with Gasteiger partial charge in [-0.05, 0) is 19.3 Å². The molecule has 2 atom stereocenters. The van der Waals surface area contributed by atoms with Gasteiger partial charge in [-0.3, -0.25) is 4.79 Å². The van der Waals surface area contributed by atoms with E-state index in [0.717, 1.165) is 19.4 Å². The Morgan fingerprint density at radius 1 is 1.55 bits per heavy atom. The fourth-order valence-electron chi connectivity index (χ4n) is 2.05. The third-order valence-corrected chi connectivity index (χ3v) is 2.63. The molecule has 0 spiro atoms. The fraction of sp³-hybridized carbons (Fsp3) is 0.889. The maximum absolute atomic E-state index is 11.3. The van der Waals surface area contributed by atoms with Crippen LogP contribution in [0.3, 0.4) is 0 Å². The molecule has 0 aromatic rings. The van der Waals surface area contributed by atoms with Crippen molar-refractivity contribution in [2.45, 2.75) is 39.7 Å². The number of carbonyl (C=O) groups is 1. The lowest BCUT2D eigenvalue weighted by Gasteiger charge is -2.24. The van der Waals surface area contributed by atoms with Crippen molar-refractivity contribution in [2.24, 2.45) is 5.92 Å². The van der Waals surface area contributed by atoms with Gasteiger partial charge >= 0.3 is 0 Å². The molecule has 0 saturated carbocycles. The Morgan fingerprint density at radius 2 is 2.18 bits per heavy atom. The Balaban J connectivity index is 2.66. The predicted octanol–water partition coefficient (Wildman–Crippen LogP) is 1.65. The Morgan fingerprint density at radius 3 is 2.55 bits per heavy atom. The second kappa shape index (κ2) is 3.24. The number of likely N-dealkylation sites (tertiary alicyclic amines) is 1. The summed E-state index contributed by atoms with van der Waals surface area (Å²) < 4.78 is 0. The first-order valence-corrected chi connectivity index (χ1v) is 4.50. The molecular formula is C9H17NO. The summed E-state index contributed by atoms with van der Waals surface area (Å²) in [6, 6.07) is 0.507. The molecule has 0 radical (unpaired) electrons. The fourth-order valence-corrected chi connectivity index (χ4v) is 2.05. The zero-order valence-electron chi connectivity index (χ0n) is 7.63. The first kappa shape index (κ1) is 8.57. The van der Waals surface area contributed by atoms with Gasteiger partial charge in [-0.25, -0.2) is 0 Å². The smallest absolute Gasteiger partial charge is 0.223 e. The number of nitrogens with zero attached hydrogens (tertiary/aromatic N) is 1. The van der Waals surface area contributed by atoms with Crippen LogP contribution in [0.2, 0.25) is 0 Å². The second-order valence-corrected chi connectivity index (χ2v) is 3.34. The van der Waals surface area contributed by atoms with Crippen LogP contribution in [-0.4, -0.2) is 23.4 Å². The molecule has 0 aromatic heterocycles. The average Bonchev–Trinajstić information content (AvgIpc) is 2.24. The van der Waals surface area contributed by atoms with E-state index in [-0.39, 0.29) is 0 Å². The van der Waals surface area contributed by atoms with Gasteiger partial charge < -0.3 is 4.90 Å². The van der Waals surface area contributed by atoms with E-state index in [1.54, 1.807) is 0 Å². The van der Waals surface area contributed by atoms with Crippen molar-refractivity contribution in [3.05, 3.63) is 0 Å². The van der Waals surface area contributed by atoms with E-state index in [0.29, 0.717) is 17.9 Å². The average molecular weight is 155 g/mol. The number of amides is 1. The highest BCUT2D eigenvalue weighted by atomic mass is 16.2. The van der Waals surface area contributed by atoms with Crippen LogP contribution in [0, 0.1) is 5.92 Å². The van der Waals surface area contributed by atoms with E-state index in [4.69, 9.17) is 0 Å². The highest BCUT2D eigenvalue weighted by molar-refractivity contribution is 5.79. The Kier molecular flexibility index (Phi) is 2.53. The van der Waals surface area contributed by atoms with Crippen molar-refractivity contribution in [2.75, 3.05) is 6.54 Å². The zero-order chi connectivity index (χ0) is 8.43. The summed E-state index contributed by atoms with van der Waals surface area (Å²) in [5, 5.41) is 0. The molecule has 1 aliphatic rings. The number of hydrogen-bond acceptors (Lipinski definition) is 1. The molecule has 2 nitrogen and oxygen atoms in total. The molecule has 0 N–H and O–H groups in total. The Bertz CT molecular complexity index is 156. The van der Waals surface area contributed by atoms with Gasteiger partial charge in [-0.1, -0.05) is 13.8 Å². The van der Waals surface area contributed by atoms with Crippen molar-refractivity contribution in [1.29, 1.82) is 0 Å². The molecule has 0 aliphatic carbocycles. The van der Waals surface area contributed by atoms with Crippen LogP contribution in [0.1, 0.15) is 33.6 Å². The van der Waals surface area contributed by atoms with E-state index < -0.39 is 0 Å². The maximum atomic E-state index is 11.3. The molecule has 0 bridgehead atoms. The van der Waals surface area contributed by atoms with Crippen LogP contribution in [0.25, 0.3) is 0 Å². The summed E-state index contributed by atoms with van der Waals surface area (Å²) in [5.41, 5.74) is 0. The number of rotatable bonds is 2. The lowest BCUT2D eigenvalue weighted by atomic mass is 10.0. The first-order chi connectivity index (χ1) is 5.20. The monoisotopic (exact) mass is 155 g/mol. The summed E-state index contributed by atoms with van der Waals surface area (Å²) in [7, 11) is 0. The van der Waals surface area contributed by atoms with Gasteiger partial charge in [0.15, 0.2) is 0 Å². The molecule has 1 aliphatic heterocycles. The van der Waals surface area contributed by atoms with Crippen molar-refractivity contribution in [3.8, 4) is 0 Å². The molecule has 2 heteroatoms. The van der Waals surface area contributed by atoms with Crippen LogP contribution < -0.4 is 0 Å². The molecule has 1 fully saturated rings. The van der Waals surface area contributed by atoms with Crippen LogP contribution >= 0.6 is 0 Å². The minimum atomic E-state index is 0.340. The predicted molar refractivity (Wildman–Crippen MR) is 45.2 cm³/mol. The topological polar surface area (TPSA) is 20.3 Å². The SMILES string of the molecule is CCC1C(C)CC(=O)N1CC. The summed E-state index contributed by atoms with van der Waals surface area (Å²) >= 11 is 0. The van der Waals surface area contributed by atoms with Gasteiger partial charge in [0.25, 0.3) is 0 Å². The Hall–Kier alpha value is -0.530. The highest BCUT2D eigenvalue weighted by Gasteiger charge is 2.34. The normalized spacial score (nSPS) is 31.5. The lowest BCUT2D eigenvalue weighted by molar-refractivity contribution is -0.128. The lowest BCUT2D eigenvalue weighted by Crippen LogP contribution is -2.33. The minimum Gasteiger partial charge on any atom is -0.340 e. The van der Waals surface area contributed by atoms with Crippen LogP contribution in [0.4, 0.5) is 0 Å². The summed E-state index contributed by atoms with van der Waals surface area (Å²) in [4.78, 5) is 13.3. The van der Waals surface area contributed by atoms with Crippen LogP contribution in [0.15, 0.2) is 0 Å². The van der Waals surface area contributed by atoms with Gasteiger partial charge in [-0.15, -0.1) is 0 Å². The summed E-state index contributed by atoms with van der Waals surface area (Å²) in [5.74, 6) is 0.902. The third kappa shape index (κ3) is 1.39. The second-order valence-electron chi connectivity index (χ2n) is 3.34. The highest BCUT2D eigenvalue weighted by Crippen LogP contribution is 2.26. The van der Waals surface area contributed by atoms with Crippen molar-refractivity contribution in [3.63, 3.8) is 0 Å². The molecule has 0 aromatic carbocycles. The van der Waals surface area contributed by atoms with Crippen LogP contribution in [-0.2, 0) is 4.79 Å². The van der Waals surface area contributed by atoms with Gasteiger partial charge in [0.05, 0.1) is 0 Å². The van der Waals surface area contributed by atoms with Crippen molar-refractivity contribution >= 4 is 5.91 Å². The van der Waals surface area contributed by atoms with Gasteiger partial charge in [0, 0.05) is 19.0 Å². The van der Waals surface area contributed by atoms with Crippen molar-refractivity contribution < 1.29 is 4.79 Å². The van der Waals surface area contributed by atoms with Gasteiger partial charge in [0.2, 0.25) is 5.91 Å². The number of carbonyl (C=O) groups excluding carboxylic acids is 1. The molecule has 1 rings (SSSR count). The van der Waals surface area contributed by atoms with E-state index in [9.17, 15) is 4.79 Å². The first-order valence-electron chi connectivity index (χ1n) is 4.50. The van der Waals surface area contributed by atoms with E-state index >= 15 is 0 Å².